The van der Waals surface area contributed by atoms with E-state index in [0.29, 0.717) is 37.4 Å². The minimum Gasteiger partial charge on any atom is -0.337 e. The van der Waals surface area contributed by atoms with E-state index in [4.69, 9.17) is 4.98 Å². The lowest BCUT2D eigenvalue weighted by atomic mass is 9.71. The van der Waals surface area contributed by atoms with Crippen molar-refractivity contribution < 1.29 is 9.59 Å². The van der Waals surface area contributed by atoms with E-state index in [1.54, 1.807) is 11.1 Å². The Bertz CT molecular complexity index is 1350. The zero-order chi connectivity index (χ0) is 24.2. The highest BCUT2D eigenvalue weighted by Gasteiger charge is 2.44. The Morgan fingerprint density at radius 2 is 2.06 bits per heavy atom. The van der Waals surface area contributed by atoms with E-state index in [2.05, 4.69) is 52.1 Å². The Morgan fingerprint density at radius 3 is 2.83 bits per heavy atom. The number of likely N-dealkylation sites (tertiary alicyclic amines) is 1. The predicted molar refractivity (Wildman–Crippen MR) is 138 cm³/mol. The molecule has 2 saturated heterocycles. The fraction of sp³-hybridized carbons (Fsp3) is 0.370. The number of hydrogen-bond donors (Lipinski definition) is 1. The Morgan fingerprint density at radius 1 is 1.23 bits per heavy atom. The quantitative estimate of drug-likeness (QED) is 0.517. The highest BCUT2D eigenvalue weighted by Crippen LogP contribution is 2.37. The minimum absolute atomic E-state index is 0.0820. The average Bonchev–Trinajstić information content (AvgIpc) is 3.49. The van der Waals surface area contributed by atoms with Crippen LogP contribution >= 0.6 is 15.9 Å². The summed E-state index contributed by atoms with van der Waals surface area (Å²) in [5.74, 6) is 0.150. The fourth-order valence-corrected chi connectivity index (χ4v) is 6.37. The molecule has 5 heterocycles. The van der Waals surface area contributed by atoms with Gasteiger partial charge in [0.05, 0.1) is 5.69 Å². The number of imidazole rings is 1. The number of rotatable bonds is 3. The van der Waals surface area contributed by atoms with Crippen molar-refractivity contribution in [3.05, 3.63) is 76.7 Å². The third kappa shape index (κ3) is 3.79. The molecule has 0 unspecified atom stereocenters. The SMILES string of the molecule is C=C[C@@H]1CN(C(=O)c2cn3cc(Br)cc(N4CCCC4=O)c3n2)CC[C@]12Cc1ccccc1CN2. The van der Waals surface area contributed by atoms with Gasteiger partial charge in [-0.25, -0.2) is 4.98 Å². The van der Waals surface area contributed by atoms with E-state index in [9.17, 15) is 9.59 Å². The largest absolute Gasteiger partial charge is 0.337 e. The number of piperidine rings is 1. The van der Waals surface area contributed by atoms with Gasteiger partial charge >= 0.3 is 0 Å². The maximum absolute atomic E-state index is 13.6. The normalized spacial score (nSPS) is 24.3. The summed E-state index contributed by atoms with van der Waals surface area (Å²) in [6.07, 6.45) is 8.83. The molecule has 7 nitrogen and oxygen atoms in total. The Kier molecular flexibility index (Phi) is 5.53. The second-order valence-corrected chi connectivity index (χ2v) is 10.8. The van der Waals surface area contributed by atoms with Crippen LogP contribution in [0, 0.1) is 5.92 Å². The molecule has 1 spiro atoms. The van der Waals surface area contributed by atoms with Crippen LogP contribution in [0.15, 0.2) is 59.9 Å². The number of anilines is 1. The molecule has 8 heteroatoms. The number of aromatic nitrogens is 2. The number of halogens is 1. The van der Waals surface area contributed by atoms with Gasteiger partial charge < -0.3 is 19.5 Å². The molecular formula is C27H28BrN5O2. The van der Waals surface area contributed by atoms with Crippen molar-refractivity contribution in [2.75, 3.05) is 24.5 Å². The van der Waals surface area contributed by atoms with Crippen molar-refractivity contribution in [1.82, 2.24) is 19.6 Å². The standard InChI is InChI=1S/C27H28BrN5O2/c1-2-20-15-31(11-9-27(20)13-18-6-3-4-7-19(18)14-29-27)26(35)22-17-32-16-21(28)12-23(25(32)30-22)33-10-5-8-24(33)34/h2-4,6-7,12,16-17,20,29H,1,5,8-11,13-15H2/t20-,27+/m1/s1. The van der Waals surface area contributed by atoms with Crippen LogP contribution in [0.1, 0.15) is 40.9 Å². The summed E-state index contributed by atoms with van der Waals surface area (Å²) in [5, 5.41) is 3.79. The van der Waals surface area contributed by atoms with Crippen molar-refractivity contribution in [3.63, 3.8) is 0 Å². The highest BCUT2D eigenvalue weighted by atomic mass is 79.9. The molecule has 2 fully saturated rings. The van der Waals surface area contributed by atoms with Gasteiger partial charge in [0.25, 0.3) is 5.91 Å². The van der Waals surface area contributed by atoms with Crippen LogP contribution in [0.2, 0.25) is 0 Å². The maximum Gasteiger partial charge on any atom is 0.274 e. The van der Waals surface area contributed by atoms with Crippen LogP contribution < -0.4 is 10.2 Å². The molecule has 6 rings (SSSR count). The summed E-state index contributed by atoms with van der Waals surface area (Å²) in [6.45, 7) is 6.90. The van der Waals surface area contributed by atoms with Crippen LogP contribution in [0.4, 0.5) is 5.69 Å². The van der Waals surface area contributed by atoms with Crippen LogP contribution in [-0.2, 0) is 17.8 Å². The minimum atomic E-state index is -0.0834. The van der Waals surface area contributed by atoms with E-state index < -0.39 is 0 Å². The van der Waals surface area contributed by atoms with E-state index in [1.165, 1.54) is 11.1 Å². The van der Waals surface area contributed by atoms with Crippen LogP contribution in [0.5, 0.6) is 0 Å². The number of carbonyl (C=O) groups excluding carboxylic acids is 2. The zero-order valence-corrected chi connectivity index (χ0v) is 21.1. The van der Waals surface area contributed by atoms with Crippen molar-refractivity contribution in [2.45, 2.75) is 37.8 Å². The zero-order valence-electron chi connectivity index (χ0n) is 19.5. The molecule has 35 heavy (non-hydrogen) atoms. The molecule has 0 radical (unpaired) electrons. The summed E-state index contributed by atoms with van der Waals surface area (Å²) in [5.41, 5.74) is 4.42. The second kappa shape index (κ2) is 8.60. The number of nitrogens with one attached hydrogen (secondary N) is 1. The second-order valence-electron chi connectivity index (χ2n) is 9.85. The van der Waals surface area contributed by atoms with Crippen molar-refractivity contribution in [1.29, 1.82) is 0 Å². The highest BCUT2D eigenvalue weighted by molar-refractivity contribution is 9.10. The smallest absolute Gasteiger partial charge is 0.274 e. The van der Waals surface area contributed by atoms with E-state index in [1.807, 2.05) is 27.6 Å². The molecule has 1 aromatic carbocycles. The summed E-state index contributed by atoms with van der Waals surface area (Å²) in [6, 6.07) is 10.5. The molecular weight excluding hydrogens is 506 g/mol. The van der Waals surface area contributed by atoms with Gasteiger partial charge in [-0.1, -0.05) is 30.3 Å². The number of nitrogens with zero attached hydrogens (tertiary/aromatic N) is 4. The number of fused-ring (bicyclic) bond motifs is 2. The molecule has 3 aromatic rings. The first-order valence-electron chi connectivity index (χ1n) is 12.2. The van der Waals surface area contributed by atoms with E-state index >= 15 is 0 Å². The predicted octanol–water partition coefficient (Wildman–Crippen LogP) is 3.96. The first kappa shape index (κ1) is 22.5. The number of hydrogen-bond acceptors (Lipinski definition) is 4. The van der Waals surface area contributed by atoms with Gasteiger partial charge in [0.1, 0.15) is 5.69 Å². The summed E-state index contributed by atoms with van der Waals surface area (Å²) < 4.78 is 2.68. The molecule has 2 aromatic heterocycles. The lowest BCUT2D eigenvalue weighted by Crippen LogP contribution is -2.62. The molecule has 0 aliphatic carbocycles. The Balaban J connectivity index is 1.27. The van der Waals surface area contributed by atoms with Gasteiger partial charge in [-0.05, 0) is 52.4 Å². The number of carbonyl (C=O) groups is 2. The number of amides is 2. The third-order valence-electron chi connectivity index (χ3n) is 7.86. The number of pyridine rings is 1. The first-order chi connectivity index (χ1) is 17.0. The summed E-state index contributed by atoms with van der Waals surface area (Å²) in [7, 11) is 0. The van der Waals surface area contributed by atoms with Gasteiger partial charge in [-0.15, -0.1) is 6.58 Å². The molecule has 3 aliphatic rings. The van der Waals surface area contributed by atoms with Gasteiger partial charge in [-0.3, -0.25) is 9.59 Å². The lowest BCUT2D eigenvalue weighted by molar-refractivity contribution is -0.117. The molecule has 0 bridgehead atoms. The Hall–Kier alpha value is -2.97. The van der Waals surface area contributed by atoms with Crippen LogP contribution in [0.3, 0.4) is 0 Å². The van der Waals surface area contributed by atoms with Gasteiger partial charge in [0, 0.05) is 60.9 Å². The molecule has 2 atom stereocenters. The van der Waals surface area contributed by atoms with Gasteiger partial charge in [-0.2, -0.15) is 0 Å². The lowest BCUT2D eigenvalue weighted by Gasteiger charge is -2.50. The Labute approximate surface area is 212 Å². The molecule has 3 aliphatic heterocycles. The molecule has 180 valence electrons. The fourth-order valence-electron chi connectivity index (χ4n) is 5.94. The van der Waals surface area contributed by atoms with Gasteiger partial charge in [0.2, 0.25) is 5.91 Å². The van der Waals surface area contributed by atoms with Gasteiger partial charge in [0.15, 0.2) is 5.65 Å². The molecule has 0 saturated carbocycles. The van der Waals surface area contributed by atoms with Crippen LogP contribution in [0.25, 0.3) is 5.65 Å². The summed E-state index contributed by atoms with van der Waals surface area (Å²) >= 11 is 3.54. The monoisotopic (exact) mass is 533 g/mol. The molecule has 1 N–H and O–H groups in total. The third-order valence-corrected chi connectivity index (χ3v) is 8.30. The maximum atomic E-state index is 13.6. The van der Waals surface area contributed by atoms with E-state index in [-0.39, 0.29) is 23.3 Å². The van der Waals surface area contributed by atoms with Crippen molar-refractivity contribution in [2.24, 2.45) is 5.92 Å². The van der Waals surface area contributed by atoms with Crippen molar-refractivity contribution >= 4 is 39.1 Å². The molecule has 2 amide bonds. The summed E-state index contributed by atoms with van der Waals surface area (Å²) in [4.78, 5) is 34.4. The van der Waals surface area contributed by atoms with E-state index in [0.717, 1.165) is 36.0 Å². The first-order valence-corrected chi connectivity index (χ1v) is 13.0. The van der Waals surface area contributed by atoms with Crippen molar-refractivity contribution in [3.8, 4) is 0 Å². The number of benzene rings is 1. The topological polar surface area (TPSA) is 70.0 Å². The van der Waals surface area contributed by atoms with Crippen LogP contribution in [-0.4, -0.2) is 51.3 Å². The average molecular weight is 534 g/mol.